The summed E-state index contributed by atoms with van der Waals surface area (Å²) in [6.07, 6.45) is 0.597. The SMILES string of the molecule is C.C.C.CC1(C)OB(CB2OC(C)(C)C(C)(C)O2)OC1(C)C.CC1(C)OB(c2cccc(-n3c4ccccc4c4c5oc6ccccc6c5ccc43)c2)OC1(C)C.N.[C-]#[N+]c1cccc(-c2cccc(-n3c4ccccc4c4c5oc6ccccc6c5ccc43)c2)c1-n1c2ccccc2c2ccccc21. The van der Waals surface area contributed by atoms with Crippen molar-refractivity contribution in [2.75, 3.05) is 0 Å². The molecule has 16 aromatic rings. The first-order valence-corrected chi connectivity index (χ1v) is 34.9. The summed E-state index contributed by atoms with van der Waals surface area (Å²) in [6, 6.07) is 82.5. The van der Waals surface area contributed by atoms with E-state index < -0.39 is 7.12 Å². The van der Waals surface area contributed by atoms with Gasteiger partial charge in [-0.05, 0) is 185 Å². The average Bonchev–Trinajstić information content (AvgIpc) is 1.59. The number of nitrogens with zero attached hydrogens (tertiary/aromatic N) is 4. The topological polar surface area (TPSA) is 136 Å². The summed E-state index contributed by atoms with van der Waals surface area (Å²) < 4.78 is 56.5. The van der Waals surface area contributed by atoms with E-state index in [2.05, 4.69) is 302 Å². The van der Waals surface area contributed by atoms with Gasteiger partial charge in [-0.25, -0.2) is 4.85 Å². The van der Waals surface area contributed by atoms with Crippen molar-refractivity contribution in [1.82, 2.24) is 19.9 Å². The van der Waals surface area contributed by atoms with Crippen LogP contribution in [-0.4, -0.2) is 68.7 Å². The largest absolute Gasteiger partial charge is 0.494 e. The van der Waals surface area contributed by atoms with Gasteiger partial charge in [-0.15, -0.1) is 0 Å². The molecule has 3 aliphatic rings. The molecule has 105 heavy (non-hydrogen) atoms. The first kappa shape index (κ1) is 73.1. The van der Waals surface area contributed by atoms with Gasteiger partial charge in [0.2, 0.25) is 5.69 Å². The van der Waals surface area contributed by atoms with Crippen LogP contribution >= 0.6 is 0 Å². The van der Waals surface area contributed by atoms with E-state index in [9.17, 15) is 0 Å². The van der Waals surface area contributed by atoms with Gasteiger partial charge in [0.05, 0.1) is 89.7 Å². The van der Waals surface area contributed by atoms with Crippen molar-refractivity contribution in [3.8, 4) is 28.2 Å². The monoisotopic (exact) mass is 1390 g/mol. The fraction of sp³-hybridized carbons (Fsp3) is 0.247. The standard InChI is InChI=1S/C43H25N3O.C30H26BNO3.C13H26B2O4.3CH4.H3N/c1-44-35-19-11-18-29(42(35)46-36-20-6-2-14-30(36)31-15-3-7-21-37(31)46)27-12-10-13-28(26-27)45-38-22-8-4-17-34(38)41-39(45)25-24-33-32-16-5-9-23-40(32)47-43(33)41;1-29(2)30(3,4)35-31(34-29)19-10-9-11-20(18-19)32-24-14-7-5-13-23(24)27-25(32)17-16-22-21-12-6-8-15-26(21)33-28(22)27;1-10(2)11(3,4)17-14(16-10)9-15-18-12(5,6)13(7,8)19-15;;;;/h2-26H;5-18H,1-4H3;9H2,1-8H3;3*1H4;1H3. The molecular weight excluding hydrogens is 1300 g/mol. The van der Waals surface area contributed by atoms with Crippen molar-refractivity contribution in [2.45, 2.75) is 145 Å². The van der Waals surface area contributed by atoms with Crippen molar-refractivity contribution in [3.63, 3.8) is 0 Å². The normalized spacial score (nSPS) is 16.7. The Morgan fingerprint density at radius 2 is 0.714 bits per heavy atom. The van der Waals surface area contributed by atoms with Gasteiger partial charge in [0.15, 0.2) is 0 Å². The molecule has 0 unspecified atom stereocenters. The van der Waals surface area contributed by atoms with Crippen LogP contribution in [-0.2, 0) is 27.9 Å². The van der Waals surface area contributed by atoms with Crippen LogP contribution in [0.2, 0.25) is 6.22 Å². The number of furan rings is 2. The average molecular weight is 1390 g/mol. The zero-order chi connectivity index (χ0) is 69.7. The van der Waals surface area contributed by atoms with E-state index in [0.29, 0.717) is 11.9 Å². The highest BCUT2D eigenvalue weighted by atomic mass is 16.7. The number of rotatable bonds is 7. The molecule has 0 atom stereocenters. The summed E-state index contributed by atoms with van der Waals surface area (Å²) in [5, 5.41) is 11.4. The highest BCUT2D eigenvalue weighted by molar-refractivity contribution is 6.65. The highest BCUT2D eigenvalue weighted by Gasteiger charge is 2.57. The van der Waals surface area contributed by atoms with Crippen molar-refractivity contribution >= 4 is 142 Å². The second-order valence-corrected chi connectivity index (χ2v) is 30.1. The van der Waals surface area contributed by atoms with E-state index in [1.54, 1.807) is 0 Å². The Morgan fingerprint density at radius 3 is 1.16 bits per heavy atom. The number of fused-ring (bicyclic) bond motifs is 17. The van der Waals surface area contributed by atoms with Crippen LogP contribution in [0.5, 0.6) is 0 Å². The first-order valence-electron chi connectivity index (χ1n) is 34.9. The van der Waals surface area contributed by atoms with Crippen molar-refractivity contribution in [1.29, 1.82) is 0 Å². The summed E-state index contributed by atoms with van der Waals surface area (Å²) in [5.74, 6) is 0. The Kier molecular flexibility index (Phi) is 18.6. The molecule has 530 valence electrons. The van der Waals surface area contributed by atoms with E-state index in [0.717, 1.165) is 127 Å². The number of aromatic nitrogens is 3. The van der Waals surface area contributed by atoms with Crippen LogP contribution in [0.3, 0.4) is 0 Å². The van der Waals surface area contributed by atoms with Crippen molar-refractivity contribution in [2.24, 2.45) is 0 Å². The summed E-state index contributed by atoms with van der Waals surface area (Å²) in [4.78, 5) is 4.04. The number of para-hydroxylation sites is 7. The van der Waals surface area contributed by atoms with Crippen LogP contribution < -0.4 is 11.6 Å². The molecule has 19 rings (SSSR count). The fourth-order valence-electron chi connectivity index (χ4n) is 15.2. The minimum Gasteiger partial charge on any atom is -0.455 e. The number of hydrogen-bond donors (Lipinski definition) is 1. The molecule has 3 saturated heterocycles. The third-order valence-corrected chi connectivity index (χ3v) is 22.4. The molecule has 0 saturated carbocycles. The van der Waals surface area contributed by atoms with Gasteiger partial charge in [0, 0.05) is 60.7 Å². The lowest BCUT2D eigenvalue weighted by Gasteiger charge is -2.32. The molecule has 11 aromatic carbocycles. The lowest BCUT2D eigenvalue weighted by atomic mass is 9.64. The van der Waals surface area contributed by atoms with E-state index in [4.69, 9.17) is 43.3 Å². The second kappa shape index (κ2) is 26.8. The zero-order valence-corrected chi connectivity index (χ0v) is 59.7. The van der Waals surface area contributed by atoms with Gasteiger partial charge in [-0.1, -0.05) is 174 Å². The van der Waals surface area contributed by atoms with E-state index in [1.165, 1.54) is 16.2 Å². The molecule has 13 nitrogen and oxygen atoms in total. The van der Waals surface area contributed by atoms with Gasteiger partial charge in [-0.2, -0.15) is 0 Å². The molecule has 16 heteroatoms. The zero-order valence-electron chi connectivity index (χ0n) is 59.7. The Balaban J connectivity index is 0.000000149. The molecule has 8 heterocycles. The van der Waals surface area contributed by atoms with Crippen LogP contribution in [0.1, 0.15) is 105 Å². The second-order valence-electron chi connectivity index (χ2n) is 30.1. The quantitative estimate of drug-likeness (QED) is 0.122. The summed E-state index contributed by atoms with van der Waals surface area (Å²) >= 11 is 0. The Labute approximate surface area is 616 Å². The van der Waals surface area contributed by atoms with E-state index in [1.807, 2.05) is 36.4 Å². The third kappa shape index (κ3) is 11.8. The van der Waals surface area contributed by atoms with Gasteiger partial charge in [-0.3, -0.25) is 0 Å². The lowest BCUT2D eigenvalue weighted by Crippen LogP contribution is -2.41. The van der Waals surface area contributed by atoms with Crippen molar-refractivity contribution in [3.05, 3.63) is 248 Å². The lowest BCUT2D eigenvalue weighted by molar-refractivity contribution is 0.00578. The molecule has 0 aliphatic carbocycles. The van der Waals surface area contributed by atoms with Gasteiger partial charge in [0.25, 0.3) is 0 Å². The summed E-state index contributed by atoms with van der Waals surface area (Å²) in [5.41, 5.74) is 15.0. The maximum Gasteiger partial charge on any atom is 0.494 e. The van der Waals surface area contributed by atoms with Gasteiger partial charge < -0.3 is 56.6 Å². The van der Waals surface area contributed by atoms with E-state index in [-0.39, 0.29) is 76.3 Å². The predicted molar refractivity (Wildman–Crippen MR) is 440 cm³/mol. The third-order valence-electron chi connectivity index (χ3n) is 22.4. The van der Waals surface area contributed by atoms with Crippen LogP contribution in [0.25, 0.3) is 142 Å². The predicted octanol–water partition coefficient (Wildman–Crippen LogP) is 23.8. The smallest absolute Gasteiger partial charge is 0.455 e. The number of hydrogen-bond acceptors (Lipinski definition) is 9. The molecular formula is C89H92B3N5O8. The van der Waals surface area contributed by atoms with Crippen molar-refractivity contribution < 1.29 is 36.8 Å². The van der Waals surface area contributed by atoms with Crippen LogP contribution in [0.4, 0.5) is 5.69 Å². The Morgan fingerprint density at radius 1 is 0.343 bits per heavy atom. The minimum absolute atomic E-state index is 0. The number of benzene rings is 11. The molecule has 0 radical (unpaired) electrons. The first-order chi connectivity index (χ1) is 48.5. The van der Waals surface area contributed by atoms with E-state index >= 15 is 0 Å². The maximum atomic E-state index is 8.20. The molecule has 5 aromatic heterocycles. The summed E-state index contributed by atoms with van der Waals surface area (Å²) in [7, 11) is -0.963. The molecule has 3 fully saturated rings. The Hall–Kier alpha value is -10.2. The van der Waals surface area contributed by atoms with Crippen LogP contribution in [0.15, 0.2) is 245 Å². The molecule has 3 N–H and O–H groups in total. The van der Waals surface area contributed by atoms with Crippen LogP contribution in [0, 0.1) is 6.57 Å². The Bertz CT molecular complexity index is 5930. The molecule has 0 amide bonds. The minimum atomic E-state index is -0.407. The van der Waals surface area contributed by atoms with Gasteiger partial charge in [0.1, 0.15) is 22.3 Å². The fourth-order valence-corrected chi connectivity index (χ4v) is 15.2. The molecule has 3 aliphatic heterocycles. The highest BCUT2D eigenvalue weighted by Crippen LogP contribution is 2.47. The summed E-state index contributed by atoms with van der Waals surface area (Å²) in [6.45, 7) is 33.0. The molecule has 0 spiro atoms. The maximum absolute atomic E-state index is 8.20. The van der Waals surface area contributed by atoms with Gasteiger partial charge >= 0.3 is 21.4 Å². The molecule has 0 bridgehead atoms.